The van der Waals surface area contributed by atoms with Crippen molar-refractivity contribution in [3.8, 4) is 11.5 Å². The van der Waals surface area contributed by atoms with E-state index < -0.39 is 72.8 Å². The summed E-state index contributed by atoms with van der Waals surface area (Å²) in [6.45, 7) is 5.01. The summed E-state index contributed by atoms with van der Waals surface area (Å²) in [4.78, 5) is 71.1. The van der Waals surface area contributed by atoms with Crippen LogP contribution in [0.3, 0.4) is 0 Å². The van der Waals surface area contributed by atoms with Crippen LogP contribution in [0.4, 0.5) is 0 Å². The van der Waals surface area contributed by atoms with E-state index in [1.165, 1.54) is 24.3 Å². The first-order chi connectivity index (χ1) is 18.3. The van der Waals surface area contributed by atoms with E-state index in [9.17, 15) is 28.8 Å². The zero-order chi connectivity index (χ0) is 28.9. The molecule has 0 radical (unpaired) electrons. The van der Waals surface area contributed by atoms with Gasteiger partial charge >= 0.3 is 35.5 Å². The molecule has 2 aromatic rings. The molecule has 1 saturated heterocycles. The molecule has 39 heavy (non-hydrogen) atoms. The van der Waals surface area contributed by atoms with Gasteiger partial charge in [0.05, 0.1) is 0 Å². The van der Waals surface area contributed by atoms with Crippen molar-refractivity contribution in [1.29, 1.82) is 0 Å². The van der Waals surface area contributed by atoms with Crippen LogP contribution in [0.2, 0.25) is 0 Å². The lowest BCUT2D eigenvalue weighted by atomic mass is 9.98. The monoisotopic (exact) mass is 550 g/mol. The van der Waals surface area contributed by atoms with Crippen LogP contribution >= 0.6 is 0 Å². The van der Waals surface area contributed by atoms with Crippen molar-refractivity contribution in [3.63, 3.8) is 0 Å². The van der Waals surface area contributed by atoms with Gasteiger partial charge in [-0.3, -0.25) is 24.0 Å². The number of hydrogen-bond acceptors (Lipinski definition) is 14. The molecule has 1 aromatic heterocycles. The quantitative estimate of drug-likeness (QED) is 0.198. The second kappa shape index (κ2) is 12.4. The predicted octanol–water partition coefficient (Wildman–Crippen LogP) is 1.18. The fraction of sp³-hybridized carbons (Fsp3) is 0.440. The molecule has 0 aliphatic carbocycles. The largest absolute Gasteiger partial charge is 0.463 e. The molecule has 1 fully saturated rings. The Morgan fingerprint density at radius 2 is 1.33 bits per heavy atom. The van der Waals surface area contributed by atoms with Crippen LogP contribution in [0.1, 0.15) is 34.6 Å². The number of ether oxygens (including phenoxy) is 7. The third kappa shape index (κ3) is 7.54. The van der Waals surface area contributed by atoms with Crippen molar-refractivity contribution in [2.24, 2.45) is 0 Å². The summed E-state index contributed by atoms with van der Waals surface area (Å²) in [5, 5.41) is 0.389. The summed E-state index contributed by atoms with van der Waals surface area (Å²) >= 11 is 0. The highest BCUT2D eigenvalue weighted by atomic mass is 16.7. The Kier molecular flexibility index (Phi) is 9.24. The highest BCUT2D eigenvalue weighted by molar-refractivity contribution is 5.87. The maximum absolute atomic E-state index is 12.0. The average Bonchev–Trinajstić information content (AvgIpc) is 2.82. The van der Waals surface area contributed by atoms with E-state index in [0.29, 0.717) is 5.39 Å². The Morgan fingerprint density at radius 3 is 1.92 bits per heavy atom. The molecule has 3 rings (SSSR count). The molecule has 0 saturated carbocycles. The molecule has 14 nitrogen and oxygen atoms in total. The number of esters is 5. The molecule has 1 aromatic carbocycles. The van der Waals surface area contributed by atoms with Gasteiger partial charge in [-0.1, -0.05) is 0 Å². The molecule has 1 aliphatic rings. The molecule has 0 amide bonds. The lowest BCUT2D eigenvalue weighted by Crippen LogP contribution is -2.63. The second-order valence-corrected chi connectivity index (χ2v) is 8.34. The second-order valence-electron chi connectivity index (χ2n) is 8.34. The molecule has 2 heterocycles. The number of fused-ring (bicyclic) bond motifs is 1. The summed E-state index contributed by atoms with van der Waals surface area (Å²) in [7, 11) is 0. The molecule has 14 heteroatoms. The number of carbonyl (C=O) groups is 5. The van der Waals surface area contributed by atoms with E-state index in [0.717, 1.165) is 34.6 Å². The van der Waals surface area contributed by atoms with E-state index in [-0.39, 0.29) is 17.1 Å². The minimum atomic E-state index is -1.60. The van der Waals surface area contributed by atoms with Crippen molar-refractivity contribution in [3.05, 3.63) is 34.7 Å². The van der Waals surface area contributed by atoms with E-state index in [1.807, 2.05) is 0 Å². The number of hydrogen-bond donors (Lipinski definition) is 0. The van der Waals surface area contributed by atoms with Gasteiger partial charge in [0, 0.05) is 46.1 Å². The van der Waals surface area contributed by atoms with Crippen LogP contribution in [0, 0.1) is 0 Å². The Balaban J connectivity index is 2.13. The lowest BCUT2D eigenvalue weighted by molar-refractivity contribution is -0.288. The van der Waals surface area contributed by atoms with Gasteiger partial charge in [-0.15, -0.1) is 0 Å². The zero-order valence-corrected chi connectivity index (χ0v) is 21.6. The maximum atomic E-state index is 12.0. The Morgan fingerprint density at radius 1 is 0.744 bits per heavy atom. The summed E-state index contributed by atoms with van der Waals surface area (Å²) < 4.78 is 43.4. The summed E-state index contributed by atoms with van der Waals surface area (Å²) in [6, 6.07) is 5.47. The first-order valence-electron chi connectivity index (χ1n) is 11.6. The predicted molar refractivity (Wildman–Crippen MR) is 126 cm³/mol. The van der Waals surface area contributed by atoms with Crippen molar-refractivity contribution < 1.29 is 61.5 Å². The number of carbonyl (C=O) groups excluding carboxylic acids is 5. The topological polar surface area (TPSA) is 180 Å². The maximum Gasteiger partial charge on any atom is 0.336 e. The Hall–Kier alpha value is -4.46. The molecule has 0 N–H and O–H groups in total. The van der Waals surface area contributed by atoms with Crippen LogP contribution in [-0.4, -0.2) is 67.2 Å². The fourth-order valence-corrected chi connectivity index (χ4v) is 3.83. The molecule has 0 unspecified atom stereocenters. The number of rotatable bonds is 8. The SMILES string of the molecule is CC(=O)OC[C@@H]1O[C@H](Oc2ccc3ccc(=O)oc3c2OC(C)=O)[C@@H](OC(C)=O)[C@H](OC(C)=O)[C@H]1OC(C)=O. The fourth-order valence-electron chi connectivity index (χ4n) is 3.83. The number of benzene rings is 1. The minimum Gasteiger partial charge on any atom is -0.463 e. The smallest absolute Gasteiger partial charge is 0.336 e. The molecular weight excluding hydrogens is 524 g/mol. The Bertz CT molecular complexity index is 1330. The molecule has 0 bridgehead atoms. The van der Waals surface area contributed by atoms with Crippen LogP contribution in [0.15, 0.2) is 33.5 Å². The molecule has 0 spiro atoms. The highest BCUT2D eigenvalue weighted by Gasteiger charge is 2.53. The first kappa shape index (κ1) is 29.1. The van der Waals surface area contributed by atoms with Crippen LogP contribution in [-0.2, 0) is 47.7 Å². The lowest BCUT2D eigenvalue weighted by Gasteiger charge is -2.43. The van der Waals surface area contributed by atoms with E-state index in [1.54, 1.807) is 0 Å². The van der Waals surface area contributed by atoms with Crippen LogP contribution in [0.25, 0.3) is 11.0 Å². The minimum absolute atomic E-state index is 0.124. The first-order valence-corrected chi connectivity index (χ1v) is 11.6. The average molecular weight is 550 g/mol. The molecule has 5 atom stereocenters. The van der Waals surface area contributed by atoms with Gasteiger partial charge < -0.3 is 37.6 Å². The van der Waals surface area contributed by atoms with Gasteiger partial charge in [0.1, 0.15) is 12.7 Å². The van der Waals surface area contributed by atoms with Gasteiger partial charge in [-0.25, -0.2) is 4.79 Å². The highest BCUT2D eigenvalue weighted by Crippen LogP contribution is 2.38. The van der Waals surface area contributed by atoms with Gasteiger partial charge in [0.2, 0.25) is 18.1 Å². The normalized spacial score (nSPS) is 22.3. The molecule has 210 valence electrons. The standard InChI is InChI=1S/C25H26O14/c1-11(26)32-10-18-22(34-13(3)28)23(35-14(4)29)24(36-15(5)30)25(38-18)37-17-8-6-16-7-9-19(31)39-20(16)21(17)33-12(2)27/h6-9,18,22-25H,10H2,1-5H3/t18-,22-,23+,24-,25-/m0/s1. The molecule has 1 aliphatic heterocycles. The van der Waals surface area contributed by atoms with E-state index in [2.05, 4.69) is 0 Å². The van der Waals surface area contributed by atoms with Crippen LogP contribution in [0.5, 0.6) is 11.5 Å². The van der Waals surface area contributed by atoms with E-state index in [4.69, 9.17) is 37.6 Å². The Labute approximate surface area is 221 Å². The van der Waals surface area contributed by atoms with Crippen LogP contribution < -0.4 is 15.1 Å². The molecular formula is C25H26O14. The van der Waals surface area contributed by atoms with Crippen molar-refractivity contribution >= 4 is 40.8 Å². The van der Waals surface area contributed by atoms with Crippen molar-refractivity contribution in [2.75, 3.05) is 6.61 Å². The van der Waals surface area contributed by atoms with Crippen molar-refractivity contribution in [1.82, 2.24) is 0 Å². The van der Waals surface area contributed by atoms with Crippen molar-refractivity contribution in [2.45, 2.75) is 65.3 Å². The summed E-state index contributed by atoms with van der Waals surface area (Å²) in [6.07, 6.45) is -7.28. The summed E-state index contributed by atoms with van der Waals surface area (Å²) in [5.41, 5.74) is -0.860. The van der Waals surface area contributed by atoms with Gasteiger partial charge in [-0.2, -0.15) is 0 Å². The van der Waals surface area contributed by atoms with Gasteiger partial charge in [0.15, 0.2) is 23.5 Å². The summed E-state index contributed by atoms with van der Waals surface area (Å²) in [5.74, 6) is -4.39. The third-order valence-corrected chi connectivity index (χ3v) is 5.15. The van der Waals surface area contributed by atoms with E-state index >= 15 is 0 Å². The zero-order valence-electron chi connectivity index (χ0n) is 21.6. The van der Waals surface area contributed by atoms with Gasteiger partial charge in [-0.05, 0) is 18.2 Å². The van der Waals surface area contributed by atoms with Gasteiger partial charge in [0.25, 0.3) is 0 Å². The third-order valence-electron chi connectivity index (χ3n) is 5.15.